The number of esters is 3. The van der Waals surface area contributed by atoms with Crippen molar-refractivity contribution in [3.05, 3.63) is 36.0 Å². The second kappa shape index (κ2) is 9.84. The zero-order valence-electron chi connectivity index (χ0n) is 15.8. The van der Waals surface area contributed by atoms with E-state index in [9.17, 15) is 14.4 Å². The minimum atomic E-state index is -1.49. The fourth-order valence-corrected chi connectivity index (χ4v) is 2.99. The zero-order valence-corrected chi connectivity index (χ0v) is 16.6. The van der Waals surface area contributed by atoms with E-state index in [4.69, 9.17) is 21.7 Å². The summed E-state index contributed by atoms with van der Waals surface area (Å²) in [6.07, 6.45) is -0.228. The van der Waals surface area contributed by atoms with E-state index in [1.165, 1.54) is 6.92 Å². The largest absolute Gasteiger partial charge is 0.466 e. The van der Waals surface area contributed by atoms with Gasteiger partial charge in [-0.15, -0.1) is 0 Å². The summed E-state index contributed by atoms with van der Waals surface area (Å²) in [7, 11) is 1.14. The Hall–Kier alpha value is -2.94. The van der Waals surface area contributed by atoms with Crippen molar-refractivity contribution in [2.24, 2.45) is 0 Å². The van der Waals surface area contributed by atoms with Gasteiger partial charge in [0.1, 0.15) is 4.99 Å². The van der Waals surface area contributed by atoms with Crippen molar-refractivity contribution in [3.8, 4) is 0 Å². The number of methoxy groups -OCH3 is 1. The van der Waals surface area contributed by atoms with Crippen LogP contribution >= 0.6 is 12.2 Å². The van der Waals surface area contributed by atoms with Gasteiger partial charge in [-0.05, 0) is 18.1 Å². The Morgan fingerprint density at radius 2 is 1.75 bits per heavy atom. The van der Waals surface area contributed by atoms with Gasteiger partial charge in [-0.3, -0.25) is 9.59 Å². The molecule has 0 radical (unpaired) electrons. The molecular weight excluding hydrogens is 384 g/mol. The van der Waals surface area contributed by atoms with Crippen LogP contribution in [0.2, 0.25) is 0 Å². The lowest BCUT2D eigenvalue weighted by atomic mass is 10.1. The number of benzene rings is 1. The van der Waals surface area contributed by atoms with Crippen LogP contribution in [0.5, 0.6) is 0 Å². The number of H-pyrrole nitrogens is 1. The first-order valence-corrected chi connectivity index (χ1v) is 8.99. The summed E-state index contributed by atoms with van der Waals surface area (Å²) in [5.41, 5.74) is 2.11. The number of aromatic amines is 1. The van der Waals surface area contributed by atoms with Crippen molar-refractivity contribution in [2.75, 3.05) is 13.7 Å². The van der Waals surface area contributed by atoms with Gasteiger partial charge in [0.2, 0.25) is 6.10 Å². The summed E-state index contributed by atoms with van der Waals surface area (Å²) >= 11 is 5.29. The van der Waals surface area contributed by atoms with E-state index >= 15 is 0 Å². The maximum atomic E-state index is 12.0. The molecule has 9 heteroatoms. The summed E-state index contributed by atoms with van der Waals surface area (Å²) in [5, 5.41) is 4.06. The molecule has 0 aliphatic carbocycles. The topological polar surface area (TPSA) is 107 Å². The number of para-hydroxylation sites is 1. The fraction of sp³-hybridized carbons (Fsp3) is 0.368. The third-order valence-electron chi connectivity index (χ3n) is 3.92. The van der Waals surface area contributed by atoms with Crippen LogP contribution in [0.25, 0.3) is 10.9 Å². The van der Waals surface area contributed by atoms with E-state index in [1.54, 1.807) is 0 Å². The Balaban J connectivity index is 2.07. The Bertz CT molecular complexity index is 878. The second-order valence-electron chi connectivity index (χ2n) is 5.98. The van der Waals surface area contributed by atoms with Crippen LogP contribution in [0, 0.1) is 0 Å². The molecule has 2 rings (SSSR count). The molecule has 0 saturated heterocycles. The van der Waals surface area contributed by atoms with E-state index in [0.29, 0.717) is 13.0 Å². The number of hydrogen-bond donors (Lipinski definition) is 2. The number of ether oxygens (including phenoxy) is 3. The van der Waals surface area contributed by atoms with Crippen LogP contribution in [0.1, 0.15) is 19.4 Å². The number of carbonyl (C=O) groups is 3. The third kappa shape index (κ3) is 5.53. The van der Waals surface area contributed by atoms with Crippen LogP contribution < -0.4 is 5.32 Å². The van der Waals surface area contributed by atoms with Gasteiger partial charge in [-0.2, -0.15) is 0 Å². The molecule has 2 aromatic rings. The maximum Gasteiger partial charge on any atom is 0.351 e. The molecule has 0 amide bonds. The van der Waals surface area contributed by atoms with E-state index < -0.39 is 30.1 Å². The number of carbonyl (C=O) groups excluding carboxylic acids is 3. The summed E-state index contributed by atoms with van der Waals surface area (Å²) in [6.45, 7) is 2.73. The van der Waals surface area contributed by atoms with Crippen LogP contribution in [0.15, 0.2) is 30.5 Å². The quantitative estimate of drug-likeness (QED) is 0.387. The molecular formula is C19H22N2O6S. The molecule has 0 aliphatic rings. The molecule has 0 unspecified atom stereocenters. The lowest BCUT2D eigenvalue weighted by Crippen LogP contribution is -2.49. The molecule has 1 heterocycles. The van der Waals surface area contributed by atoms with Gasteiger partial charge < -0.3 is 24.5 Å². The van der Waals surface area contributed by atoms with E-state index in [-0.39, 0.29) is 4.99 Å². The Morgan fingerprint density at radius 3 is 2.39 bits per heavy atom. The highest BCUT2D eigenvalue weighted by Gasteiger charge is 2.37. The number of rotatable bonds is 8. The van der Waals surface area contributed by atoms with Crippen molar-refractivity contribution in [2.45, 2.75) is 32.5 Å². The minimum Gasteiger partial charge on any atom is -0.466 e. The number of hydrogen-bond acceptors (Lipinski definition) is 7. The highest BCUT2D eigenvalue weighted by Crippen LogP contribution is 2.18. The zero-order chi connectivity index (χ0) is 20.7. The van der Waals surface area contributed by atoms with Gasteiger partial charge in [0, 0.05) is 37.5 Å². The Kier molecular flexibility index (Phi) is 7.51. The van der Waals surface area contributed by atoms with Crippen molar-refractivity contribution in [1.82, 2.24) is 10.3 Å². The molecule has 0 saturated carbocycles. The summed E-state index contributed by atoms with van der Waals surface area (Å²) in [5.74, 6) is -2.27. The fourth-order valence-electron chi connectivity index (χ4n) is 2.72. The normalized spacial score (nSPS) is 12.7. The number of aromatic nitrogens is 1. The van der Waals surface area contributed by atoms with Gasteiger partial charge in [0.25, 0.3) is 0 Å². The number of nitrogens with one attached hydrogen (secondary N) is 2. The molecule has 2 N–H and O–H groups in total. The van der Waals surface area contributed by atoms with Crippen molar-refractivity contribution in [1.29, 1.82) is 0 Å². The number of fused-ring (bicyclic) bond motifs is 1. The maximum absolute atomic E-state index is 12.0. The molecule has 28 heavy (non-hydrogen) atoms. The number of thiocarbonyl (C=S) groups is 1. The Labute approximate surface area is 167 Å². The van der Waals surface area contributed by atoms with Gasteiger partial charge in [0.05, 0.1) is 7.11 Å². The molecule has 2 atom stereocenters. The average Bonchev–Trinajstić information content (AvgIpc) is 3.06. The summed E-state index contributed by atoms with van der Waals surface area (Å²) in [4.78, 5) is 38.1. The van der Waals surface area contributed by atoms with Gasteiger partial charge >= 0.3 is 17.9 Å². The lowest BCUT2D eigenvalue weighted by Gasteiger charge is -2.25. The predicted octanol–water partition coefficient (Wildman–Crippen LogP) is 1.66. The van der Waals surface area contributed by atoms with Crippen LogP contribution in [-0.2, 0) is 35.0 Å². The molecule has 1 aromatic carbocycles. The first kappa shape index (κ1) is 21.4. The Morgan fingerprint density at radius 1 is 1.11 bits per heavy atom. The lowest BCUT2D eigenvalue weighted by molar-refractivity contribution is -0.174. The minimum absolute atomic E-state index is 0.0618. The van der Waals surface area contributed by atoms with Crippen molar-refractivity contribution < 1.29 is 28.6 Å². The molecule has 8 nitrogen and oxygen atoms in total. The van der Waals surface area contributed by atoms with Crippen molar-refractivity contribution in [3.63, 3.8) is 0 Å². The predicted molar refractivity (Wildman–Crippen MR) is 106 cm³/mol. The molecule has 0 spiro atoms. The van der Waals surface area contributed by atoms with E-state index in [0.717, 1.165) is 30.5 Å². The highest BCUT2D eigenvalue weighted by molar-refractivity contribution is 7.80. The molecule has 0 fully saturated rings. The smallest absolute Gasteiger partial charge is 0.351 e. The van der Waals surface area contributed by atoms with E-state index in [1.807, 2.05) is 30.5 Å². The standard InChI is InChI=1S/C19H22N2O6S/c1-11(22)26-16(17(19(24)25-3)27-12(2)23)18(28)20-9-8-13-10-21-15-7-5-4-6-14(13)15/h4-7,10,16-17,21H,8-9H2,1-3H3,(H,20,28)/t16-,17-/m1/s1. The van der Waals surface area contributed by atoms with Gasteiger partial charge in [0.15, 0.2) is 6.10 Å². The highest BCUT2D eigenvalue weighted by atomic mass is 32.1. The second-order valence-corrected chi connectivity index (χ2v) is 6.42. The van der Waals surface area contributed by atoms with E-state index in [2.05, 4.69) is 15.0 Å². The summed E-state index contributed by atoms with van der Waals surface area (Å²) < 4.78 is 14.7. The van der Waals surface area contributed by atoms with Crippen LogP contribution in [0.3, 0.4) is 0 Å². The molecule has 0 aliphatic heterocycles. The monoisotopic (exact) mass is 406 g/mol. The average molecular weight is 406 g/mol. The third-order valence-corrected chi connectivity index (χ3v) is 4.30. The SMILES string of the molecule is COC(=O)[C@H](OC(C)=O)[C@@H](OC(C)=O)C(=S)NCCc1c[nH]c2ccccc12. The molecule has 0 bridgehead atoms. The molecule has 150 valence electrons. The first-order chi connectivity index (χ1) is 13.3. The van der Waals surface area contributed by atoms with Gasteiger partial charge in [-0.25, -0.2) is 4.79 Å². The molecule has 1 aromatic heterocycles. The van der Waals surface area contributed by atoms with Crippen LogP contribution in [-0.4, -0.2) is 53.7 Å². The first-order valence-electron chi connectivity index (χ1n) is 8.58. The van der Waals surface area contributed by atoms with Gasteiger partial charge in [-0.1, -0.05) is 30.4 Å². The van der Waals surface area contributed by atoms with Crippen molar-refractivity contribution >= 4 is 46.0 Å². The summed E-state index contributed by atoms with van der Waals surface area (Å²) in [6, 6.07) is 7.89. The van der Waals surface area contributed by atoms with Crippen LogP contribution in [0.4, 0.5) is 0 Å².